The Balaban J connectivity index is 1.44. The zero-order valence-electron chi connectivity index (χ0n) is 32.8. The lowest BCUT2D eigenvalue weighted by Gasteiger charge is -2.41. The number of aromatic amines is 1. The van der Waals surface area contributed by atoms with Crippen LogP contribution in [0, 0.1) is 23.2 Å². The normalized spacial score (nSPS) is 32.2. The number of amides is 1. The highest BCUT2D eigenvalue weighted by Crippen LogP contribution is 2.60. The number of alkyl halides is 1. The van der Waals surface area contributed by atoms with Crippen molar-refractivity contribution in [1.29, 1.82) is 5.26 Å². The third-order valence-corrected chi connectivity index (χ3v) is 18.8. The van der Waals surface area contributed by atoms with E-state index in [4.69, 9.17) is 48.3 Å². The number of aromatic nitrogens is 6. The second-order valence-corrected chi connectivity index (χ2v) is 26.4. The largest absolute Gasteiger partial charge is 0.471 e. The molecule has 5 heterocycles. The number of rotatable bonds is 10. The van der Waals surface area contributed by atoms with E-state index in [-0.39, 0.29) is 54.1 Å². The van der Waals surface area contributed by atoms with Gasteiger partial charge in [-0.3, -0.25) is 38.0 Å². The summed E-state index contributed by atoms with van der Waals surface area (Å²) >= 11 is 10.3. The molecule has 0 radical (unpaired) electrons. The number of nitrogens with one attached hydrogen (secondary N) is 2. The van der Waals surface area contributed by atoms with Crippen LogP contribution >= 0.6 is 25.8 Å². The van der Waals surface area contributed by atoms with Gasteiger partial charge in [0, 0.05) is 24.1 Å². The van der Waals surface area contributed by atoms with E-state index in [1.165, 1.54) is 29.5 Å². The monoisotopic (exact) mass is 904 g/mol. The molecule has 1 amide bonds. The number of H-pyrrole nitrogens is 1. The molecule has 0 spiro atoms. The van der Waals surface area contributed by atoms with Crippen LogP contribution < -0.4 is 15.6 Å². The van der Waals surface area contributed by atoms with Gasteiger partial charge in [0.05, 0.1) is 38.6 Å². The average Bonchev–Trinajstić information content (AvgIpc) is 3.79. The van der Waals surface area contributed by atoms with E-state index in [1.54, 1.807) is 13.8 Å². The van der Waals surface area contributed by atoms with E-state index in [1.807, 2.05) is 39.9 Å². The van der Waals surface area contributed by atoms with Crippen molar-refractivity contribution in [3.05, 3.63) is 35.3 Å². The molecule has 19 nitrogen and oxygen atoms in total. The predicted octanol–water partition coefficient (Wildman–Crippen LogP) is 5.61. The molecule has 3 fully saturated rings. The molecular weight excluding hydrogens is 858 g/mol. The minimum atomic E-state index is -4.37. The van der Waals surface area contributed by atoms with Gasteiger partial charge in [0.1, 0.15) is 36.8 Å². The summed E-state index contributed by atoms with van der Waals surface area (Å²) in [6.07, 6.45) is -5.00. The molecule has 318 valence electrons. The van der Waals surface area contributed by atoms with Crippen molar-refractivity contribution < 1.29 is 50.3 Å². The molecule has 3 aromatic heterocycles. The first-order valence-electron chi connectivity index (χ1n) is 18.5. The van der Waals surface area contributed by atoms with Crippen LogP contribution in [0.1, 0.15) is 53.7 Å². The van der Waals surface area contributed by atoms with Crippen molar-refractivity contribution in [1.82, 2.24) is 29.5 Å². The van der Waals surface area contributed by atoms with E-state index in [2.05, 4.69) is 42.5 Å². The van der Waals surface area contributed by atoms with E-state index in [0.29, 0.717) is 0 Å². The fourth-order valence-electron chi connectivity index (χ4n) is 6.22. The quantitative estimate of drug-likeness (QED) is 0.0971. The van der Waals surface area contributed by atoms with Crippen LogP contribution in [-0.2, 0) is 52.9 Å². The van der Waals surface area contributed by atoms with E-state index >= 15 is 4.39 Å². The summed E-state index contributed by atoms with van der Waals surface area (Å²) in [5.41, 5.74) is -0.715. The van der Waals surface area contributed by atoms with Crippen LogP contribution in [0.5, 0.6) is 5.88 Å². The number of thiol groups is 1. The first-order valence-corrected chi connectivity index (χ1v) is 26.6. The van der Waals surface area contributed by atoms with Crippen molar-refractivity contribution >= 4 is 68.9 Å². The molecular formula is C33H47FN8O11P2S2Si. The highest BCUT2D eigenvalue weighted by molar-refractivity contribution is 8.44. The highest BCUT2D eigenvalue weighted by Gasteiger charge is 2.56. The van der Waals surface area contributed by atoms with Crippen LogP contribution in [0.25, 0.3) is 11.2 Å². The molecule has 10 atom stereocenters. The number of imidazole rings is 1. The zero-order valence-corrected chi connectivity index (χ0v) is 37.3. The zero-order chi connectivity index (χ0) is 42.2. The van der Waals surface area contributed by atoms with Crippen LogP contribution in [0.3, 0.4) is 0 Å². The second-order valence-electron chi connectivity index (χ2n) is 15.8. The van der Waals surface area contributed by atoms with Crippen LogP contribution in [-0.4, -0.2) is 100 Å². The number of fused-ring (bicyclic) bond motifs is 4. The van der Waals surface area contributed by atoms with Crippen LogP contribution in [0.4, 0.5) is 10.3 Å². The number of carbonyl (C=O) groups is 1. The molecule has 58 heavy (non-hydrogen) atoms. The average molecular weight is 905 g/mol. The third kappa shape index (κ3) is 10.1. The molecule has 3 aliphatic rings. The Bertz CT molecular complexity index is 2160. The van der Waals surface area contributed by atoms with Gasteiger partial charge in [-0.2, -0.15) is 10.2 Å². The Hall–Kier alpha value is -2.71. The Labute approximate surface area is 345 Å². The molecule has 3 aromatic rings. The SMILES string of the molecule is CC(C)C(=O)Nc1nc2c(ncn2[C@@H]2O[C@@H]3CO[P@@](=O)(S)O[C@@H]4[C@@H](CO[P@](=S)(OCCC#N)O[C@@H]2[C@@H]3O[Si](C)(C)C(C)(C)C)C[C@@H](Oc2ccncn2)[C@@H]4F)c(=O)[nH]1. The Morgan fingerprint density at radius 1 is 1.24 bits per heavy atom. The number of hydrogen-bond donors (Lipinski definition) is 3. The maximum absolute atomic E-state index is 16.2. The molecule has 0 unspecified atom stereocenters. The molecule has 6 rings (SSSR count). The summed E-state index contributed by atoms with van der Waals surface area (Å²) in [6.45, 7) is 4.20. The number of carbonyl (C=O) groups excluding carboxylic acids is 1. The van der Waals surface area contributed by atoms with Gasteiger partial charge in [-0.1, -0.05) is 46.9 Å². The maximum Gasteiger partial charge on any atom is 0.386 e. The summed E-state index contributed by atoms with van der Waals surface area (Å²) < 4.78 is 81.9. The molecule has 1 saturated carbocycles. The van der Waals surface area contributed by atoms with Gasteiger partial charge in [0.15, 0.2) is 31.9 Å². The summed E-state index contributed by atoms with van der Waals surface area (Å²) in [5.74, 6) is -1.68. The van der Waals surface area contributed by atoms with Gasteiger partial charge < -0.3 is 22.9 Å². The Morgan fingerprint density at radius 2 is 2.00 bits per heavy atom. The lowest BCUT2D eigenvalue weighted by atomic mass is 10.1. The maximum atomic E-state index is 16.2. The standard InChI is InChI=1S/C33H47FN8O11P2S2Si/c1-18(2)29(43)40-32-39-28-24(30(44)41-32)38-17-42(28)31-27-26(53-58(6,7)33(3,4)5)21(50-31)15-47-54(45,56)51-25-19(14-48-55(57,52-27)46-12-8-10-35)13-20(23(25)34)49-22-9-11-36-16-37-22/h9,11,16-21,23,25-27,31H,8,12-15H2,1-7H3,(H,45,56)(H2,39,40,41,43,44)/t19-,20-,21-,23+,25-,26-,27-,31-,54-,55-/m1/s1. The lowest BCUT2D eigenvalue weighted by molar-refractivity contribution is -0.118. The summed E-state index contributed by atoms with van der Waals surface area (Å²) in [7, 11) is -2.73. The van der Waals surface area contributed by atoms with E-state index in [0.717, 1.165) is 0 Å². The minimum Gasteiger partial charge on any atom is -0.471 e. The molecule has 2 N–H and O–H groups in total. The molecule has 0 aromatic carbocycles. The minimum absolute atomic E-state index is 0.00294. The fraction of sp³-hybridized carbons (Fsp3) is 0.667. The Kier molecular flexibility index (Phi) is 13.7. The second kappa shape index (κ2) is 17.7. The molecule has 25 heteroatoms. The first-order chi connectivity index (χ1) is 27.2. The number of hydrogen-bond acceptors (Lipinski definition) is 17. The van der Waals surface area contributed by atoms with Gasteiger partial charge in [-0.15, -0.1) is 0 Å². The van der Waals surface area contributed by atoms with Crippen LogP contribution in [0.2, 0.25) is 18.1 Å². The smallest absolute Gasteiger partial charge is 0.386 e. The summed E-state index contributed by atoms with van der Waals surface area (Å²) in [5, 5.41) is 11.6. The summed E-state index contributed by atoms with van der Waals surface area (Å²) in [6, 6.07) is 3.48. The van der Waals surface area contributed by atoms with Crippen molar-refractivity contribution in [2.24, 2.45) is 11.8 Å². The van der Waals surface area contributed by atoms with Crippen molar-refractivity contribution in [2.45, 2.75) is 109 Å². The van der Waals surface area contributed by atoms with Gasteiger partial charge >= 0.3 is 13.5 Å². The summed E-state index contributed by atoms with van der Waals surface area (Å²) in [4.78, 5) is 45.0. The number of halogens is 1. The molecule has 2 saturated heterocycles. The highest BCUT2D eigenvalue weighted by atomic mass is 32.7. The van der Waals surface area contributed by atoms with E-state index in [9.17, 15) is 19.4 Å². The van der Waals surface area contributed by atoms with Gasteiger partial charge in [-0.05, 0) is 36.4 Å². The van der Waals surface area contributed by atoms with Crippen molar-refractivity contribution in [3.63, 3.8) is 0 Å². The van der Waals surface area contributed by atoms with Crippen molar-refractivity contribution in [3.8, 4) is 11.9 Å². The van der Waals surface area contributed by atoms with Crippen LogP contribution in [0.15, 0.2) is 29.7 Å². The fourth-order valence-corrected chi connectivity index (χ4v) is 11.2. The first kappa shape index (κ1) is 44.8. The van der Waals surface area contributed by atoms with Crippen molar-refractivity contribution in [2.75, 3.05) is 25.1 Å². The van der Waals surface area contributed by atoms with Gasteiger partial charge in [-0.25, -0.2) is 23.9 Å². The number of ether oxygens (including phenoxy) is 2. The van der Waals surface area contributed by atoms with Gasteiger partial charge in [0.25, 0.3) is 5.56 Å². The topological polar surface area (TPSA) is 233 Å². The molecule has 2 aliphatic heterocycles. The predicted molar refractivity (Wildman–Crippen MR) is 216 cm³/mol. The third-order valence-electron chi connectivity index (χ3n) is 10.3. The lowest BCUT2D eigenvalue weighted by Crippen LogP contribution is -2.50. The Morgan fingerprint density at radius 3 is 2.67 bits per heavy atom. The number of anilines is 1. The van der Waals surface area contributed by atoms with E-state index < -0.39 is 94.7 Å². The number of nitriles is 1. The number of nitrogens with zero attached hydrogens (tertiary/aromatic N) is 6. The molecule has 2 bridgehead atoms. The molecule has 1 aliphatic carbocycles. The van der Waals surface area contributed by atoms with Gasteiger partial charge in [0.2, 0.25) is 17.7 Å².